The highest BCUT2D eigenvalue weighted by Gasteiger charge is 2.33. The third kappa shape index (κ3) is 3.55. The molecule has 2 aromatic carbocycles. The molecule has 1 atom stereocenters. The van der Waals surface area contributed by atoms with Crippen LogP contribution < -0.4 is 4.74 Å². The molecule has 6 nitrogen and oxygen atoms in total. The van der Waals surface area contributed by atoms with Gasteiger partial charge in [0.1, 0.15) is 11.5 Å². The maximum absolute atomic E-state index is 12.7. The summed E-state index contributed by atoms with van der Waals surface area (Å²) < 4.78 is 10.9. The lowest BCUT2D eigenvalue weighted by Crippen LogP contribution is -2.52. The number of nitrogens with zero attached hydrogens (tertiary/aromatic N) is 1. The minimum atomic E-state index is -1.07. The van der Waals surface area contributed by atoms with E-state index in [0.717, 1.165) is 0 Å². The van der Waals surface area contributed by atoms with Crippen molar-refractivity contribution in [2.45, 2.75) is 6.04 Å². The molecule has 0 aromatic heterocycles. The predicted octanol–water partition coefficient (Wildman–Crippen LogP) is 2.40. The lowest BCUT2D eigenvalue weighted by atomic mass is 10.1. The summed E-state index contributed by atoms with van der Waals surface area (Å²) in [5.74, 6) is -0.229. The van der Waals surface area contributed by atoms with Gasteiger partial charge in [0, 0.05) is 12.1 Å². The van der Waals surface area contributed by atoms with E-state index in [1.807, 2.05) is 30.3 Å². The molecule has 0 aliphatic carbocycles. The van der Waals surface area contributed by atoms with E-state index in [1.165, 1.54) is 4.90 Å². The Hall–Kier alpha value is -2.86. The molecule has 1 aliphatic rings. The van der Waals surface area contributed by atoms with Crippen molar-refractivity contribution in [3.05, 3.63) is 60.2 Å². The molecule has 0 radical (unpaired) electrons. The topological polar surface area (TPSA) is 76.1 Å². The molecular weight excluding hydrogens is 310 g/mol. The first-order valence-corrected chi connectivity index (χ1v) is 7.59. The van der Waals surface area contributed by atoms with Crippen molar-refractivity contribution < 1.29 is 24.2 Å². The molecule has 3 rings (SSSR count). The van der Waals surface area contributed by atoms with Crippen LogP contribution in [0.5, 0.6) is 11.5 Å². The summed E-state index contributed by atoms with van der Waals surface area (Å²) in [6.07, 6.45) is 0. The molecule has 0 bridgehead atoms. The van der Waals surface area contributed by atoms with Gasteiger partial charge in [-0.15, -0.1) is 0 Å². The molecule has 1 fully saturated rings. The number of carbonyl (C=O) groups excluding carboxylic acids is 1. The molecular formula is C18H17NO5. The molecule has 1 N–H and O–H groups in total. The first-order valence-electron chi connectivity index (χ1n) is 7.59. The van der Waals surface area contributed by atoms with Crippen LogP contribution in [0.4, 0.5) is 0 Å². The van der Waals surface area contributed by atoms with Crippen LogP contribution >= 0.6 is 0 Å². The SMILES string of the molecule is O=C(O)[C@@H]1COCCN1C(=O)c1cccc(Oc2ccccc2)c1. The summed E-state index contributed by atoms with van der Waals surface area (Å²) in [7, 11) is 0. The van der Waals surface area contributed by atoms with Crippen LogP contribution in [0.2, 0.25) is 0 Å². The highest BCUT2D eigenvalue weighted by Crippen LogP contribution is 2.23. The minimum absolute atomic E-state index is 0.00127. The quantitative estimate of drug-likeness (QED) is 0.933. The number of rotatable bonds is 4. The minimum Gasteiger partial charge on any atom is -0.480 e. The van der Waals surface area contributed by atoms with Gasteiger partial charge in [-0.1, -0.05) is 24.3 Å². The van der Waals surface area contributed by atoms with Gasteiger partial charge in [0.25, 0.3) is 5.91 Å². The third-order valence-corrected chi connectivity index (χ3v) is 3.73. The van der Waals surface area contributed by atoms with E-state index in [0.29, 0.717) is 23.7 Å². The number of benzene rings is 2. The van der Waals surface area contributed by atoms with E-state index in [1.54, 1.807) is 24.3 Å². The van der Waals surface area contributed by atoms with Gasteiger partial charge in [0.2, 0.25) is 0 Å². The fraction of sp³-hybridized carbons (Fsp3) is 0.222. The Bertz CT molecular complexity index is 731. The van der Waals surface area contributed by atoms with E-state index >= 15 is 0 Å². The Morgan fingerprint density at radius 3 is 2.58 bits per heavy atom. The monoisotopic (exact) mass is 327 g/mol. The van der Waals surface area contributed by atoms with E-state index < -0.39 is 12.0 Å². The third-order valence-electron chi connectivity index (χ3n) is 3.73. The number of amides is 1. The lowest BCUT2D eigenvalue weighted by Gasteiger charge is -2.32. The van der Waals surface area contributed by atoms with Crippen molar-refractivity contribution in [2.24, 2.45) is 0 Å². The molecule has 1 aliphatic heterocycles. The highest BCUT2D eigenvalue weighted by atomic mass is 16.5. The predicted molar refractivity (Wildman–Crippen MR) is 86.2 cm³/mol. The van der Waals surface area contributed by atoms with Crippen molar-refractivity contribution in [1.29, 1.82) is 0 Å². The molecule has 1 saturated heterocycles. The number of hydrogen-bond acceptors (Lipinski definition) is 4. The average Bonchev–Trinajstić information content (AvgIpc) is 2.62. The van der Waals surface area contributed by atoms with Gasteiger partial charge >= 0.3 is 5.97 Å². The standard InChI is InChI=1S/C18H17NO5/c20-17(19-9-10-23-12-16(19)18(21)22)13-5-4-8-15(11-13)24-14-6-2-1-3-7-14/h1-8,11,16H,9-10,12H2,(H,21,22)/t16-/m0/s1. The number of carboxylic acids is 1. The number of morpholine rings is 1. The Labute approximate surface area is 139 Å². The largest absolute Gasteiger partial charge is 0.480 e. The number of para-hydroxylation sites is 1. The molecule has 124 valence electrons. The molecule has 1 amide bonds. The van der Waals surface area contributed by atoms with Gasteiger partial charge in [-0.2, -0.15) is 0 Å². The number of ether oxygens (including phenoxy) is 2. The average molecular weight is 327 g/mol. The summed E-state index contributed by atoms with van der Waals surface area (Å²) in [5.41, 5.74) is 0.386. The molecule has 1 heterocycles. The summed E-state index contributed by atoms with van der Waals surface area (Å²) >= 11 is 0. The Morgan fingerprint density at radius 2 is 1.83 bits per heavy atom. The Morgan fingerprint density at radius 1 is 1.08 bits per heavy atom. The zero-order valence-electron chi connectivity index (χ0n) is 12.9. The maximum atomic E-state index is 12.7. The van der Waals surface area contributed by atoms with E-state index in [2.05, 4.69) is 0 Å². The molecule has 0 unspecified atom stereocenters. The number of carboxylic acid groups (broad SMARTS) is 1. The van der Waals surface area contributed by atoms with E-state index in [4.69, 9.17) is 9.47 Å². The second-order valence-corrected chi connectivity index (χ2v) is 5.37. The maximum Gasteiger partial charge on any atom is 0.328 e. The van der Waals surface area contributed by atoms with Crippen LogP contribution in [-0.4, -0.2) is 47.7 Å². The van der Waals surface area contributed by atoms with Crippen LogP contribution in [-0.2, 0) is 9.53 Å². The van der Waals surface area contributed by atoms with Gasteiger partial charge in [-0.3, -0.25) is 4.79 Å². The van der Waals surface area contributed by atoms with Crippen LogP contribution in [0.15, 0.2) is 54.6 Å². The fourth-order valence-electron chi connectivity index (χ4n) is 2.53. The van der Waals surface area contributed by atoms with E-state index in [-0.39, 0.29) is 19.1 Å². The highest BCUT2D eigenvalue weighted by molar-refractivity contribution is 5.97. The van der Waals surface area contributed by atoms with Gasteiger partial charge in [0.05, 0.1) is 13.2 Å². The number of carbonyl (C=O) groups is 2. The second kappa shape index (κ2) is 7.14. The van der Waals surface area contributed by atoms with Crippen molar-refractivity contribution in [1.82, 2.24) is 4.90 Å². The second-order valence-electron chi connectivity index (χ2n) is 5.37. The van der Waals surface area contributed by atoms with Gasteiger partial charge < -0.3 is 19.5 Å². The zero-order chi connectivity index (χ0) is 16.9. The fourth-order valence-corrected chi connectivity index (χ4v) is 2.53. The molecule has 24 heavy (non-hydrogen) atoms. The molecule has 0 saturated carbocycles. The van der Waals surface area contributed by atoms with Crippen molar-refractivity contribution in [2.75, 3.05) is 19.8 Å². The van der Waals surface area contributed by atoms with Crippen LogP contribution in [0, 0.1) is 0 Å². The van der Waals surface area contributed by atoms with Crippen molar-refractivity contribution >= 4 is 11.9 Å². The van der Waals surface area contributed by atoms with Crippen LogP contribution in [0.3, 0.4) is 0 Å². The Kier molecular flexibility index (Phi) is 4.77. The number of hydrogen-bond donors (Lipinski definition) is 1. The zero-order valence-corrected chi connectivity index (χ0v) is 12.9. The molecule has 0 spiro atoms. The lowest BCUT2D eigenvalue weighted by molar-refractivity contribution is -0.147. The summed E-state index contributed by atoms with van der Waals surface area (Å²) in [6.45, 7) is 0.580. The van der Waals surface area contributed by atoms with Gasteiger partial charge in [0.15, 0.2) is 6.04 Å². The molecule has 2 aromatic rings. The first-order chi connectivity index (χ1) is 11.6. The van der Waals surface area contributed by atoms with Crippen LogP contribution in [0.25, 0.3) is 0 Å². The molecule has 6 heteroatoms. The van der Waals surface area contributed by atoms with Crippen LogP contribution in [0.1, 0.15) is 10.4 Å². The summed E-state index contributed by atoms with van der Waals surface area (Å²) in [5, 5.41) is 9.26. The van der Waals surface area contributed by atoms with Gasteiger partial charge in [-0.25, -0.2) is 4.79 Å². The van der Waals surface area contributed by atoms with E-state index in [9.17, 15) is 14.7 Å². The van der Waals surface area contributed by atoms with Crippen molar-refractivity contribution in [3.8, 4) is 11.5 Å². The Balaban J connectivity index is 1.80. The summed E-state index contributed by atoms with van der Waals surface area (Å²) in [6, 6.07) is 15.0. The normalized spacial score (nSPS) is 17.3. The summed E-state index contributed by atoms with van der Waals surface area (Å²) in [4.78, 5) is 25.3. The smallest absolute Gasteiger partial charge is 0.328 e. The first kappa shape index (κ1) is 16.0. The van der Waals surface area contributed by atoms with Crippen molar-refractivity contribution in [3.63, 3.8) is 0 Å². The van der Waals surface area contributed by atoms with Gasteiger partial charge in [-0.05, 0) is 30.3 Å². The number of aliphatic carboxylic acids is 1.